The van der Waals surface area contributed by atoms with E-state index in [1.54, 1.807) is 0 Å². The zero-order valence-corrected chi connectivity index (χ0v) is 10.2. The number of benzene rings is 1. The maximum absolute atomic E-state index is 11.0. The zero-order chi connectivity index (χ0) is 12.8. The molecule has 18 heavy (non-hydrogen) atoms. The summed E-state index contributed by atoms with van der Waals surface area (Å²) >= 11 is 0. The Labute approximate surface area is 105 Å². The van der Waals surface area contributed by atoms with E-state index in [0.29, 0.717) is 0 Å². The normalized spacial score (nSPS) is 16.5. The summed E-state index contributed by atoms with van der Waals surface area (Å²) < 4.78 is 0. The van der Waals surface area contributed by atoms with Crippen molar-refractivity contribution in [3.05, 3.63) is 41.6 Å². The number of amides is 2. The third kappa shape index (κ3) is 1.70. The molecule has 1 aromatic heterocycles. The number of carbonyl (C=O) groups is 1. The van der Waals surface area contributed by atoms with Crippen molar-refractivity contribution in [1.82, 2.24) is 10.3 Å². The van der Waals surface area contributed by atoms with Gasteiger partial charge in [-0.15, -0.1) is 0 Å². The summed E-state index contributed by atoms with van der Waals surface area (Å²) in [6.45, 7) is 2.04. The van der Waals surface area contributed by atoms with Crippen molar-refractivity contribution >= 4 is 16.9 Å². The van der Waals surface area contributed by atoms with E-state index in [-0.39, 0.29) is 5.54 Å². The molecule has 2 amide bonds. The fourth-order valence-corrected chi connectivity index (χ4v) is 2.37. The number of aryl methyl sites for hydroxylation is 1. The van der Waals surface area contributed by atoms with Gasteiger partial charge in [0, 0.05) is 5.39 Å². The van der Waals surface area contributed by atoms with Gasteiger partial charge in [0.05, 0.1) is 16.7 Å². The molecule has 1 aliphatic carbocycles. The molecule has 0 spiro atoms. The third-order valence-corrected chi connectivity index (χ3v) is 3.52. The average Bonchev–Trinajstić information content (AvgIpc) is 3.09. The molecule has 0 radical (unpaired) electrons. The lowest BCUT2D eigenvalue weighted by Crippen LogP contribution is -2.39. The standard InChI is InChI=1S/C14H15N3O/c1-9-3-2-4-10-5-6-11(16-12(9)10)14(7-8-14)17-13(15)18/h2-6H,7-8H2,1H3,(H3,15,17,18). The van der Waals surface area contributed by atoms with Crippen LogP contribution in [-0.2, 0) is 5.54 Å². The van der Waals surface area contributed by atoms with Gasteiger partial charge in [0.15, 0.2) is 0 Å². The van der Waals surface area contributed by atoms with Crippen LogP contribution in [0.5, 0.6) is 0 Å². The summed E-state index contributed by atoms with van der Waals surface area (Å²) in [5.41, 5.74) is 7.93. The maximum Gasteiger partial charge on any atom is 0.312 e. The largest absolute Gasteiger partial charge is 0.352 e. The quantitative estimate of drug-likeness (QED) is 0.846. The van der Waals surface area contributed by atoms with Crippen LogP contribution in [0.4, 0.5) is 4.79 Å². The van der Waals surface area contributed by atoms with Crippen molar-refractivity contribution in [2.75, 3.05) is 0 Å². The van der Waals surface area contributed by atoms with Crippen LogP contribution in [0.15, 0.2) is 30.3 Å². The highest BCUT2D eigenvalue weighted by atomic mass is 16.2. The van der Waals surface area contributed by atoms with E-state index in [0.717, 1.165) is 35.0 Å². The van der Waals surface area contributed by atoms with E-state index in [9.17, 15) is 4.79 Å². The first-order chi connectivity index (χ1) is 8.61. The van der Waals surface area contributed by atoms with Gasteiger partial charge in [-0.25, -0.2) is 4.79 Å². The molecule has 4 heteroatoms. The molecule has 1 aromatic carbocycles. The van der Waals surface area contributed by atoms with E-state index in [1.807, 2.05) is 37.3 Å². The summed E-state index contributed by atoms with van der Waals surface area (Å²) in [7, 11) is 0. The maximum atomic E-state index is 11.0. The summed E-state index contributed by atoms with van der Waals surface area (Å²) in [6, 6.07) is 9.64. The first kappa shape index (κ1) is 11.0. The Hall–Kier alpha value is -2.10. The minimum absolute atomic E-state index is 0.331. The number of carbonyl (C=O) groups excluding carboxylic acids is 1. The lowest BCUT2D eigenvalue weighted by molar-refractivity contribution is 0.244. The van der Waals surface area contributed by atoms with Crippen LogP contribution in [0.25, 0.3) is 10.9 Å². The lowest BCUT2D eigenvalue weighted by Gasteiger charge is -2.16. The average molecular weight is 241 g/mol. The first-order valence-electron chi connectivity index (χ1n) is 6.05. The second-order valence-corrected chi connectivity index (χ2v) is 4.91. The lowest BCUT2D eigenvalue weighted by atomic mass is 10.1. The Morgan fingerprint density at radius 1 is 1.33 bits per heavy atom. The number of pyridine rings is 1. The van der Waals surface area contributed by atoms with E-state index < -0.39 is 6.03 Å². The highest BCUT2D eigenvalue weighted by Crippen LogP contribution is 2.44. The van der Waals surface area contributed by atoms with Gasteiger partial charge in [0.2, 0.25) is 0 Å². The zero-order valence-electron chi connectivity index (χ0n) is 10.2. The Bertz CT molecular complexity index is 632. The van der Waals surface area contributed by atoms with Gasteiger partial charge < -0.3 is 11.1 Å². The highest BCUT2D eigenvalue weighted by molar-refractivity contribution is 5.82. The Morgan fingerprint density at radius 2 is 2.11 bits per heavy atom. The van der Waals surface area contributed by atoms with Gasteiger partial charge in [-0.05, 0) is 31.4 Å². The minimum atomic E-state index is -0.487. The number of primary amides is 1. The van der Waals surface area contributed by atoms with Crippen LogP contribution >= 0.6 is 0 Å². The van der Waals surface area contributed by atoms with E-state index >= 15 is 0 Å². The molecule has 2 aromatic rings. The Kier molecular flexibility index (Phi) is 2.26. The molecule has 1 heterocycles. The highest BCUT2D eigenvalue weighted by Gasteiger charge is 2.46. The van der Waals surface area contributed by atoms with Crippen molar-refractivity contribution < 1.29 is 4.79 Å². The summed E-state index contributed by atoms with van der Waals surface area (Å²) in [6.07, 6.45) is 1.81. The van der Waals surface area contributed by atoms with Crippen molar-refractivity contribution in [2.45, 2.75) is 25.3 Å². The topological polar surface area (TPSA) is 68.0 Å². The number of nitrogens with one attached hydrogen (secondary N) is 1. The Balaban J connectivity index is 2.09. The van der Waals surface area contributed by atoms with Crippen LogP contribution in [-0.4, -0.2) is 11.0 Å². The monoisotopic (exact) mass is 241 g/mol. The molecule has 3 N–H and O–H groups in total. The van der Waals surface area contributed by atoms with Crippen LogP contribution in [0, 0.1) is 6.92 Å². The SMILES string of the molecule is Cc1cccc2ccc(C3(NC(N)=O)CC3)nc12. The minimum Gasteiger partial charge on any atom is -0.352 e. The molecule has 1 saturated carbocycles. The fraction of sp³-hybridized carbons (Fsp3) is 0.286. The second-order valence-electron chi connectivity index (χ2n) is 4.91. The summed E-state index contributed by atoms with van der Waals surface area (Å²) in [4.78, 5) is 15.7. The van der Waals surface area contributed by atoms with Gasteiger partial charge in [0.25, 0.3) is 0 Å². The van der Waals surface area contributed by atoms with Gasteiger partial charge >= 0.3 is 6.03 Å². The van der Waals surface area contributed by atoms with Crippen LogP contribution in [0.2, 0.25) is 0 Å². The molecule has 4 nitrogen and oxygen atoms in total. The van der Waals surface area contributed by atoms with E-state index in [2.05, 4.69) is 5.32 Å². The van der Waals surface area contributed by atoms with E-state index in [1.165, 1.54) is 0 Å². The van der Waals surface area contributed by atoms with Crippen molar-refractivity contribution in [3.8, 4) is 0 Å². The van der Waals surface area contributed by atoms with Gasteiger partial charge in [-0.2, -0.15) is 0 Å². The molecule has 0 bridgehead atoms. The molecule has 1 aliphatic rings. The van der Waals surface area contributed by atoms with Crippen molar-refractivity contribution in [1.29, 1.82) is 0 Å². The molecule has 1 fully saturated rings. The van der Waals surface area contributed by atoms with Crippen LogP contribution < -0.4 is 11.1 Å². The summed E-state index contributed by atoms with van der Waals surface area (Å²) in [5.74, 6) is 0. The molecule has 0 unspecified atom stereocenters. The predicted molar refractivity (Wildman–Crippen MR) is 70.1 cm³/mol. The number of hydrogen-bond donors (Lipinski definition) is 2. The number of aromatic nitrogens is 1. The fourth-order valence-electron chi connectivity index (χ4n) is 2.37. The van der Waals surface area contributed by atoms with Crippen LogP contribution in [0.1, 0.15) is 24.1 Å². The van der Waals surface area contributed by atoms with Crippen molar-refractivity contribution in [2.24, 2.45) is 5.73 Å². The number of fused-ring (bicyclic) bond motifs is 1. The molecular formula is C14H15N3O. The number of urea groups is 1. The number of hydrogen-bond acceptors (Lipinski definition) is 2. The first-order valence-corrected chi connectivity index (χ1v) is 6.05. The molecular weight excluding hydrogens is 226 g/mol. The molecule has 0 saturated heterocycles. The van der Waals surface area contributed by atoms with Gasteiger partial charge in [-0.1, -0.05) is 24.3 Å². The van der Waals surface area contributed by atoms with Gasteiger partial charge in [0.1, 0.15) is 0 Å². The molecule has 92 valence electrons. The number of para-hydroxylation sites is 1. The van der Waals surface area contributed by atoms with E-state index in [4.69, 9.17) is 10.7 Å². The number of nitrogens with zero attached hydrogens (tertiary/aromatic N) is 1. The molecule has 0 aliphatic heterocycles. The molecule has 0 atom stereocenters. The summed E-state index contributed by atoms with van der Waals surface area (Å²) in [5, 5.41) is 3.93. The number of rotatable bonds is 2. The van der Waals surface area contributed by atoms with Crippen molar-refractivity contribution in [3.63, 3.8) is 0 Å². The Morgan fingerprint density at radius 3 is 2.78 bits per heavy atom. The number of nitrogens with two attached hydrogens (primary N) is 1. The third-order valence-electron chi connectivity index (χ3n) is 3.52. The smallest absolute Gasteiger partial charge is 0.312 e. The van der Waals surface area contributed by atoms with Gasteiger partial charge in [-0.3, -0.25) is 4.98 Å². The van der Waals surface area contributed by atoms with Crippen LogP contribution in [0.3, 0.4) is 0 Å². The predicted octanol–water partition coefficient (Wildman–Crippen LogP) is 2.20. The second kappa shape index (κ2) is 3.70. The molecule has 3 rings (SSSR count).